The van der Waals surface area contributed by atoms with Gasteiger partial charge in [0.15, 0.2) is 0 Å². The molecule has 0 radical (unpaired) electrons. The van der Waals surface area contributed by atoms with Crippen molar-refractivity contribution in [2.75, 3.05) is 19.6 Å². The van der Waals surface area contributed by atoms with Gasteiger partial charge in [0, 0.05) is 43.8 Å². The Morgan fingerprint density at radius 1 is 1.35 bits per heavy atom. The largest absolute Gasteiger partial charge is 0.389 e. The maximum atomic E-state index is 12.0. The Labute approximate surface area is 132 Å². The monoisotopic (exact) mass is 317 g/mol. The molecule has 3 heterocycles. The zero-order valence-corrected chi connectivity index (χ0v) is 12.6. The molecule has 2 aromatic rings. The number of fused-ring (bicyclic) bond motifs is 1. The molecule has 8 heteroatoms. The number of carbonyl (C=O) groups is 2. The van der Waals surface area contributed by atoms with Crippen molar-refractivity contribution in [1.82, 2.24) is 14.5 Å². The van der Waals surface area contributed by atoms with Gasteiger partial charge < -0.3 is 26.0 Å². The van der Waals surface area contributed by atoms with Gasteiger partial charge in [-0.1, -0.05) is 0 Å². The highest BCUT2D eigenvalue weighted by atomic mass is 16.3. The molecule has 122 valence electrons. The Kier molecular flexibility index (Phi) is 4.01. The minimum absolute atomic E-state index is 0.0729. The number of β-amino-alcohol motifs (C(OH)–C–C–N with tert-alkyl or cyclic N) is 1. The molecule has 0 aliphatic carbocycles. The molecule has 0 spiro atoms. The summed E-state index contributed by atoms with van der Waals surface area (Å²) in [5, 5.41) is 11.0. The van der Waals surface area contributed by atoms with Gasteiger partial charge in [0.1, 0.15) is 5.65 Å². The Bertz CT molecular complexity index is 757. The van der Waals surface area contributed by atoms with E-state index in [4.69, 9.17) is 11.5 Å². The van der Waals surface area contributed by atoms with E-state index >= 15 is 0 Å². The van der Waals surface area contributed by atoms with Gasteiger partial charge in [-0.3, -0.25) is 9.59 Å². The summed E-state index contributed by atoms with van der Waals surface area (Å²) in [4.78, 5) is 29.3. The predicted molar refractivity (Wildman–Crippen MR) is 83.5 cm³/mol. The second-order valence-electron chi connectivity index (χ2n) is 5.66. The maximum Gasteiger partial charge on any atom is 0.249 e. The van der Waals surface area contributed by atoms with Gasteiger partial charge in [0.2, 0.25) is 11.8 Å². The first-order valence-corrected chi connectivity index (χ1v) is 7.44. The van der Waals surface area contributed by atoms with Gasteiger partial charge in [-0.15, -0.1) is 0 Å². The molecule has 0 bridgehead atoms. The standard InChI is InChI=1S/C15H19N5O3/c16-4-1-13(22)19-7-11(12(21)8-19)20-6-3-10-9(14(17)23)2-5-18-15(10)20/h2-3,5-6,11-12,21H,1,4,7-8,16H2,(H2,17,23)/t11-,12-/m1/s1. The second kappa shape index (κ2) is 5.98. The Hall–Kier alpha value is -2.45. The van der Waals surface area contributed by atoms with Crippen LogP contribution < -0.4 is 11.5 Å². The topological polar surface area (TPSA) is 127 Å². The van der Waals surface area contributed by atoms with E-state index in [1.807, 2.05) is 0 Å². The number of aliphatic hydroxyl groups is 1. The molecule has 1 saturated heterocycles. The van der Waals surface area contributed by atoms with Crippen molar-refractivity contribution in [2.45, 2.75) is 18.6 Å². The van der Waals surface area contributed by atoms with Crippen LogP contribution in [-0.4, -0.2) is 57.1 Å². The lowest BCUT2D eigenvalue weighted by atomic mass is 10.2. The summed E-state index contributed by atoms with van der Waals surface area (Å²) in [6.07, 6.45) is 2.83. The zero-order chi connectivity index (χ0) is 16.6. The third kappa shape index (κ3) is 2.66. The van der Waals surface area contributed by atoms with Crippen molar-refractivity contribution in [3.05, 3.63) is 30.1 Å². The number of rotatable bonds is 4. The van der Waals surface area contributed by atoms with E-state index in [0.717, 1.165) is 0 Å². The van der Waals surface area contributed by atoms with Crippen LogP contribution in [0.2, 0.25) is 0 Å². The van der Waals surface area contributed by atoms with Crippen LogP contribution >= 0.6 is 0 Å². The second-order valence-corrected chi connectivity index (χ2v) is 5.66. The number of hydrogen-bond acceptors (Lipinski definition) is 5. The average molecular weight is 317 g/mol. The maximum absolute atomic E-state index is 12.0. The van der Waals surface area contributed by atoms with Gasteiger partial charge >= 0.3 is 0 Å². The normalized spacial score (nSPS) is 21.0. The molecule has 2 amide bonds. The molecular formula is C15H19N5O3. The number of nitrogens with two attached hydrogens (primary N) is 2. The van der Waals surface area contributed by atoms with Gasteiger partial charge in [-0.2, -0.15) is 0 Å². The molecule has 0 aromatic carbocycles. The highest BCUT2D eigenvalue weighted by Gasteiger charge is 2.35. The smallest absolute Gasteiger partial charge is 0.249 e. The molecule has 1 aliphatic heterocycles. The number of primary amides is 1. The molecule has 2 atom stereocenters. The van der Waals surface area contributed by atoms with Crippen LogP contribution in [0.3, 0.4) is 0 Å². The van der Waals surface area contributed by atoms with E-state index < -0.39 is 12.0 Å². The van der Waals surface area contributed by atoms with Crippen molar-refractivity contribution >= 4 is 22.8 Å². The van der Waals surface area contributed by atoms with Crippen molar-refractivity contribution in [2.24, 2.45) is 11.5 Å². The summed E-state index contributed by atoms with van der Waals surface area (Å²) >= 11 is 0. The third-order valence-electron chi connectivity index (χ3n) is 4.21. The summed E-state index contributed by atoms with van der Waals surface area (Å²) in [7, 11) is 0. The summed E-state index contributed by atoms with van der Waals surface area (Å²) < 4.78 is 1.79. The number of aromatic nitrogens is 2. The highest BCUT2D eigenvalue weighted by Crippen LogP contribution is 2.28. The number of amides is 2. The third-order valence-corrected chi connectivity index (χ3v) is 4.21. The minimum Gasteiger partial charge on any atom is -0.389 e. The SMILES string of the molecule is NCCC(=O)N1C[C@@H](O)[C@H](n2ccc3c(C(N)=O)ccnc32)C1. The lowest BCUT2D eigenvalue weighted by Crippen LogP contribution is -2.31. The molecule has 0 saturated carbocycles. The van der Waals surface area contributed by atoms with Crippen LogP contribution in [0, 0.1) is 0 Å². The van der Waals surface area contributed by atoms with Crippen LogP contribution in [0.5, 0.6) is 0 Å². The quantitative estimate of drug-likeness (QED) is 0.682. The lowest BCUT2D eigenvalue weighted by Gasteiger charge is -2.17. The number of aliphatic hydroxyl groups excluding tert-OH is 1. The predicted octanol–water partition coefficient (Wildman–Crippen LogP) is -0.772. The van der Waals surface area contributed by atoms with E-state index in [2.05, 4.69) is 4.98 Å². The zero-order valence-electron chi connectivity index (χ0n) is 12.6. The van der Waals surface area contributed by atoms with E-state index in [0.29, 0.717) is 23.1 Å². The molecule has 2 aromatic heterocycles. The summed E-state index contributed by atoms with van der Waals surface area (Å²) in [5.74, 6) is -0.599. The number of likely N-dealkylation sites (tertiary alicyclic amines) is 1. The van der Waals surface area contributed by atoms with E-state index in [-0.39, 0.29) is 31.5 Å². The number of hydrogen-bond donors (Lipinski definition) is 3. The first kappa shape index (κ1) is 15.4. The van der Waals surface area contributed by atoms with Crippen LogP contribution in [0.1, 0.15) is 22.8 Å². The Balaban J connectivity index is 1.93. The molecule has 3 rings (SSSR count). The van der Waals surface area contributed by atoms with Gasteiger partial charge in [-0.05, 0) is 12.1 Å². The van der Waals surface area contributed by atoms with E-state index in [9.17, 15) is 14.7 Å². The molecule has 1 fully saturated rings. The summed E-state index contributed by atoms with van der Waals surface area (Å²) in [5.41, 5.74) is 11.7. The highest BCUT2D eigenvalue weighted by molar-refractivity contribution is 6.04. The fourth-order valence-electron chi connectivity index (χ4n) is 3.07. The fourth-order valence-corrected chi connectivity index (χ4v) is 3.07. The lowest BCUT2D eigenvalue weighted by molar-refractivity contribution is -0.130. The van der Waals surface area contributed by atoms with Crippen LogP contribution in [0.25, 0.3) is 11.0 Å². The fraction of sp³-hybridized carbons (Fsp3) is 0.400. The molecule has 1 aliphatic rings. The van der Waals surface area contributed by atoms with Gasteiger partial charge in [0.25, 0.3) is 0 Å². The molecule has 8 nitrogen and oxygen atoms in total. The van der Waals surface area contributed by atoms with Gasteiger partial charge in [-0.25, -0.2) is 4.98 Å². The molecular weight excluding hydrogens is 298 g/mol. The number of nitrogens with zero attached hydrogens (tertiary/aromatic N) is 3. The van der Waals surface area contributed by atoms with Crippen molar-refractivity contribution < 1.29 is 14.7 Å². The first-order chi connectivity index (χ1) is 11.0. The van der Waals surface area contributed by atoms with Crippen molar-refractivity contribution in [3.63, 3.8) is 0 Å². The molecule has 5 N–H and O–H groups in total. The summed E-state index contributed by atoms with van der Waals surface area (Å²) in [6, 6.07) is 3.00. The van der Waals surface area contributed by atoms with Crippen LogP contribution in [0.4, 0.5) is 0 Å². The Morgan fingerprint density at radius 2 is 2.13 bits per heavy atom. The summed E-state index contributed by atoms with van der Waals surface area (Å²) in [6.45, 7) is 0.928. The van der Waals surface area contributed by atoms with Crippen LogP contribution in [-0.2, 0) is 4.79 Å². The van der Waals surface area contributed by atoms with E-state index in [1.54, 1.807) is 27.8 Å². The average Bonchev–Trinajstić information content (AvgIpc) is 3.10. The molecule has 0 unspecified atom stereocenters. The number of pyridine rings is 1. The molecule has 23 heavy (non-hydrogen) atoms. The number of carbonyl (C=O) groups excluding carboxylic acids is 2. The van der Waals surface area contributed by atoms with Crippen molar-refractivity contribution in [3.8, 4) is 0 Å². The van der Waals surface area contributed by atoms with Gasteiger partial charge in [0.05, 0.1) is 17.7 Å². The van der Waals surface area contributed by atoms with Crippen molar-refractivity contribution in [1.29, 1.82) is 0 Å². The van der Waals surface area contributed by atoms with Crippen LogP contribution in [0.15, 0.2) is 24.5 Å². The first-order valence-electron chi connectivity index (χ1n) is 7.44. The van der Waals surface area contributed by atoms with E-state index in [1.165, 1.54) is 6.20 Å². The Morgan fingerprint density at radius 3 is 2.83 bits per heavy atom. The minimum atomic E-state index is -0.702.